The van der Waals surface area contributed by atoms with Gasteiger partial charge in [0, 0.05) is 24.5 Å². The van der Waals surface area contributed by atoms with Crippen molar-refractivity contribution in [2.75, 3.05) is 18.4 Å². The molecule has 0 bridgehead atoms. The summed E-state index contributed by atoms with van der Waals surface area (Å²) in [5.41, 5.74) is 2.54. The van der Waals surface area contributed by atoms with Gasteiger partial charge in [0.05, 0.1) is 12.2 Å². The van der Waals surface area contributed by atoms with E-state index < -0.39 is 6.03 Å². The third-order valence-corrected chi connectivity index (χ3v) is 3.86. The Morgan fingerprint density at radius 2 is 1.79 bits per heavy atom. The molecule has 0 spiro atoms. The van der Waals surface area contributed by atoms with Crippen molar-refractivity contribution >= 4 is 17.6 Å². The monoisotopic (exact) mass is 324 g/mol. The molecule has 6 nitrogen and oxygen atoms in total. The third-order valence-electron chi connectivity index (χ3n) is 3.86. The van der Waals surface area contributed by atoms with Crippen LogP contribution in [0.2, 0.25) is 0 Å². The van der Waals surface area contributed by atoms with Crippen molar-refractivity contribution in [2.45, 2.75) is 12.8 Å². The first-order valence-corrected chi connectivity index (χ1v) is 8.03. The van der Waals surface area contributed by atoms with E-state index in [1.54, 1.807) is 12.4 Å². The summed E-state index contributed by atoms with van der Waals surface area (Å²) in [7, 11) is 0. The van der Waals surface area contributed by atoms with E-state index in [2.05, 4.69) is 20.9 Å². The number of benzene rings is 1. The molecule has 0 atom stereocenters. The number of nitrogens with zero attached hydrogens (tertiary/aromatic N) is 1. The second-order valence-corrected chi connectivity index (χ2v) is 5.84. The van der Waals surface area contributed by atoms with Crippen molar-refractivity contribution < 1.29 is 9.59 Å². The number of hydrogen-bond acceptors (Lipinski definition) is 3. The van der Waals surface area contributed by atoms with Crippen LogP contribution in [0.25, 0.3) is 11.1 Å². The van der Waals surface area contributed by atoms with Gasteiger partial charge in [-0.1, -0.05) is 18.2 Å². The molecule has 1 aromatic carbocycles. The molecule has 3 rings (SSSR count). The van der Waals surface area contributed by atoms with E-state index in [0.717, 1.165) is 11.1 Å². The minimum Gasteiger partial charge on any atom is -0.354 e. The number of para-hydroxylation sites is 1. The highest BCUT2D eigenvalue weighted by atomic mass is 16.2. The second kappa shape index (κ2) is 7.59. The maximum atomic E-state index is 12.0. The largest absolute Gasteiger partial charge is 0.354 e. The molecule has 2 aromatic rings. The number of anilines is 1. The molecular formula is C18H20N4O2. The van der Waals surface area contributed by atoms with Gasteiger partial charge in [0.2, 0.25) is 5.91 Å². The van der Waals surface area contributed by atoms with Crippen LogP contribution in [-0.4, -0.2) is 30.0 Å². The van der Waals surface area contributed by atoms with Crippen molar-refractivity contribution in [3.05, 3.63) is 48.8 Å². The highest BCUT2D eigenvalue weighted by Gasteiger charge is 2.21. The second-order valence-electron chi connectivity index (χ2n) is 5.84. The van der Waals surface area contributed by atoms with Crippen LogP contribution in [0.4, 0.5) is 10.5 Å². The Morgan fingerprint density at radius 1 is 1.04 bits per heavy atom. The Morgan fingerprint density at radius 3 is 2.54 bits per heavy atom. The van der Waals surface area contributed by atoms with Gasteiger partial charge >= 0.3 is 6.03 Å². The predicted molar refractivity (Wildman–Crippen MR) is 92.4 cm³/mol. The lowest BCUT2D eigenvalue weighted by Crippen LogP contribution is -2.39. The van der Waals surface area contributed by atoms with Gasteiger partial charge in [0.1, 0.15) is 0 Å². The lowest BCUT2D eigenvalue weighted by Gasteiger charge is -2.12. The summed E-state index contributed by atoms with van der Waals surface area (Å²) in [6, 6.07) is 10.9. The van der Waals surface area contributed by atoms with Gasteiger partial charge in [0.25, 0.3) is 0 Å². The normalized spacial score (nSPS) is 13.2. The summed E-state index contributed by atoms with van der Waals surface area (Å²) < 4.78 is 0. The van der Waals surface area contributed by atoms with E-state index in [1.807, 2.05) is 36.4 Å². The summed E-state index contributed by atoms with van der Waals surface area (Å²) >= 11 is 0. The molecule has 24 heavy (non-hydrogen) atoms. The number of pyridine rings is 1. The maximum absolute atomic E-state index is 12.0. The van der Waals surface area contributed by atoms with Crippen molar-refractivity contribution in [1.29, 1.82) is 0 Å². The number of amides is 3. The average Bonchev–Trinajstić information content (AvgIpc) is 3.44. The molecule has 0 saturated heterocycles. The van der Waals surface area contributed by atoms with E-state index in [4.69, 9.17) is 0 Å². The number of urea groups is 1. The summed E-state index contributed by atoms with van der Waals surface area (Å²) in [5.74, 6) is 0.453. The van der Waals surface area contributed by atoms with Crippen molar-refractivity contribution in [2.24, 2.45) is 5.92 Å². The molecule has 3 amide bonds. The zero-order valence-corrected chi connectivity index (χ0v) is 13.3. The average molecular weight is 324 g/mol. The molecule has 1 saturated carbocycles. The molecule has 3 N–H and O–H groups in total. The first-order chi connectivity index (χ1) is 11.7. The fourth-order valence-electron chi connectivity index (χ4n) is 2.35. The van der Waals surface area contributed by atoms with Crippen LogP contribution in [0.5, 0.6) is 0 Å². The lowest BCUT2D eigenvalue weighted by molar-refractivity contribution is -0.120. The van der Waals surface area contributed by atoms with Crippen LogP contribution in [0.1, 0.15) is 12.8 Å². The van der Waals surface area contributed by atoms with E-state index in [-0.39, 0.29) is 12.5 Å². The number of carbonyl (C=O) groups is 2. The van der Waals surface area contributed by atoms with Crippen molar-refractivity contribution in [1.82, 2.24) is 15.6 Å². The minimum atomic E-state index is -0.405. The van der Waals surface area contributed by atoms with Crippen LogP contribution in [0, 0.1) is 5.92 Å². The molecule has 1 fully saturated rings. The Balaban J connectivity index is 1.55. The molecule has 1 aliphatic rings. The fraction of sp³-hybridized carbons (Fsp3) is 0.278. The number of rotatable bonds is 6. The van der Waals surface area contributed by atoms with Crippen molar-refractivity contribution in [3.8, 4) is 11.1 Å². The van der Waals surface area contributed by atoms with Gasteiger partial charge in [0.15, 0.2) is 0 Å². The van der Waals surface area contributed by atoms with Gasteiger partial charge in [-0.05, 0) is 42.5 Å². The summed E-state index contributed by atoms with van der Waals surface area (Å²) in [4.78, 5) is 27.7. The van der Waals surface area contributed by atoms with E-state index in [1.165, 1.54) is 12.8 Å². The fourth-order valence-corrected chi connectivity index (χ4v) is 2.35. The van der Waals surface area contributed by atoms with Crippen LogP contribution < -0.4 is 16.0 Å². The predicted octanol–water partition coefficient (Wildman–Crippen LogP) is 2.40. The first-order valence-electron chi connectivity index (χ1n) is 8.03. The summed E-state index contributed by atoms with van der Waals surface area (Å²) in [5, 5.41) is 8.18. The molecule has 1 aromatic heterocycles. The van der Waals surface area contributed by atoms with E-state index in [9.17, 15) is 9.59 Å². The quantitative estimate of drug-likeness (QED) is 0.763. The summed E-state index contributed by atoms with van der Waals surface area (Å²) in [6.07, 6.45) is 5.77. The molecule has 1 aliphatic carbocycles. The van der Waals surface area contributed by atoms with Crippen LogP contribution in [-0.2, 0) is 4.79 Å². The molecule has 124 valence electrons. The van der Waals surface area contributed by atoms with Gasteiger partial charge < -0.3 is 16.0 Å². The zero-order chi connectivity index (χ0) is 16.8. The highest BCUT2D eigenvalue weighted by molar-refractivity contribution is 5.96. The van der Waals surface area contributed by atoms with Gasteiger partial charge in [-0.25, -0.2) is 4.79 Å². The molecule has 1 heterocycles. The smallest absolute Gasteiger partial charge is 0.319 e. The Hall–Kier alpha value is -2.89. The van der Waals surface area contributed by atoms with E-state index in [0.29, 0.717) is 18.2 Å². The molecular weight excluding hydrogens is 304 g/mol. The van der Waals surface area contributed by atoms with E-state index >= 15 is 0 Å². The molecule has 0 radical (unpaired) electrons. The third kappa shape index (κ3) is 4.55. The topological polar surface area (TPSA) is 83.1 Å². The molecule has 6 heteroatoms. The summed E-state index contributed by atoms with van der Waals surface area (Å²) in [6.45, 7) is 0.670. The first kappa shape index (κ1) is 16.0. The Labute approximate surface area is 140 Å². The highest BCUT2D eigenvalue weighted by Crippen LogP contribution is 2.27. The number of aromatic nitrogens is 1. The molecule has 0 unspecified atom stereocenters. The standard InChI is InChI=1S/C18H20N4O2/c23-17(20-11-13-5-6-13)12-21-18(24)22-16-4-2-1-3-15(16)14-7-9-19-10-8-14/h1-4,7-10,13H,5-6,11-12H2,(H,20,23)(H2,21,22,24). The Kier molecular flexibility index (Phi) is 5.05. The molecule has 0 aliphatic heterocycles. The SMILES string of the molecule is O=C(CNC(=O)Nc1ccccc1-c1ccncc1)NCC1CC1. The van der Waals surface area contributed by atoms with Gasteiger partial charge in [-0.15, -0.1) is 0 Å². The van der Waals surface area contributed by atoms with Crippen LogP contribution >= 0.6 is 0 Å². The lowest BCUT2D eigenvalue weighted by atomic mass is 10.1. The van der Waals surface area contributed by atoms with Crippen LogP contribution in [0.3, 0.4) is 0 Å². The zero-order valence-electron chi connectivity index (χ0n) is 13.3. The van der Waals surface area contributed by atoms with Crippen LogP contribution in [0.15, 0.2) is 48.8 Å². The van der Waals surface area contributed by atoms with Gasteiger partial charge in [-0.2, -0.15) is 0 Å². The number of hydrogen-bond donors (Lipinski definition) is 3. The maximum Gasteiger partial charge on any atom is 0.319 e. The number of nitrogens with one attached hydrogen (secondary N) is 3. The van der Waals surface area contributed by atoms with Crippen molar-refractivity contribution in [3.63, 3.8) is 0 Å². The Bertz CT molecular complexity index is 714. The van der Waals surface area contributed by atoms with Gasteiger partial charge in [-0.3, -0.25) is 9.78 Å². The number of carbonyl (C=O) groups excluding carboxylic acids is 2. The minimum absolute atomic E-state index is 0.0318.